The fraction of sp³-hybridized carbons (Fsp3) is 0.400. The summed E-state index contributed by atoms with van der Waals surface area (Å²) in [5.41, 5.74) is 2.79. The van der Waals surface area contributed by atoms with Crippen molar-refractivity contribution in [1.82, 2.24) is 10.6 Å². The van der Waals surface area contributed by atoms with Crippen molar-refractivity contribution in [3.05, 3.63) is 58.9 Å². The third-order valence-corrected chi connectivity index (χ3v) is 5.19. The van der Waals surface area contributed by atoms with E-state index in [1.165, 1.54) is 12.8 Å². The normalized spacial score (nSPS) is 21.0. The summed E-state index contributed by atoms with van der Waals surface area (Å²) in [6.45, 7) is 0.572. The highest BCUT2D eigenvalue weighted by Gasteiger charge is 2.19. The summed E-state index contributed by atoms with van der Waals surface area (Å²) in [7, 11) is 2.02. The molecular weight excluding hydrogens is 323 g/mol. The van der Waals surface area contributed by atoms with Gasteiger partial charge in [-0.3, -0.25) is 0 Å². The zero-order valence-corrected chi connectivity index (χ0v) is 14.7. The lowest BCUT2D eigenvalue weighted by atomic mass is 9.91. The van der Waals surface area contributed by atoms with Gasteiger partial charge in [0.15, 0.2) is 0 Å². The van der Waals surface area contributed by atoms with Crippen LogP contribution in [0.5, 0.6) is 0 Å². The predicted octanol–water partition coefficient (Wildman–Crippen LogP) is 4.77. The molecule has 2 nitrogen and oxygen atoms in total. The van der Waals surface area contributed by atoms with E-state index in [1.54, 1.807) is 6.07 Å². The summed E-state index contributed by atoms with van der Waals surface area (Å²) in [4.78, 5) is 0. The Morgan fingerprint density at radius 2 is 1.58 bits per heavy atom. The lowest BCUT2D eigenvalue weighted by molar-refractivity contribution is 0.316. The monoisotopic (exact) mass is 346 g/mol. The second-order valence-electron chi connectivity index (χ2n) is 6.53. The molecule has 0 amide bonds. The quantitative estimate of drug-likeness (QED) is 0.815. The van der Waals surface area contributed by atoms with E-state index in [0.717, 1.165) is 29.5 Å². The van der Waals surface area contributed by atoms with Crippen molar-refractivity contribution < 1.29 is 4.39 Å². The summed E-state index contributed by atoms with van der Waals surface area (Å²) >= 11 is 5.94. The molecule has 128 valence electrons. The molecule has 0 atom stereocenters. The Hall–Kier alpha value is -1.42. The third-order valence-electron chi connectivity index (χ3n) is 4.94. The van der Waals surface area contributed by atoms with Crippen molar-refractivity contribution in [3.63, 3.8) is 0 Å². The Kier molecular flexibility index (Phi) is 5.88. The Morgan fingerprint density at radius 1 is 0.958 bits per heavy atom. The molecule has 0 heterocycles. The molecule has 1 aliphatic rings. The van der Waals surface area contributed by atoms with Crippen LogP contribution in [-0.2, 0) is 6.54 Å². The first-order valence-corrected chi connectivity index (χ1v) is 8.98. The van der Waals surface area contributed by atoms with Crippen LogP contribution in [0.15, 0.2) is 42.5 Å². The molecule has 0 aliphatic heterocycles. The summed E-state index contributed by atoms with van der Waals surface area (Å²) in [6.07, 6.45) is 4.65. The average molecular weight is 347 g/mol. The van der Waals surface area contributed by atoms with E-state index in [0.29, 0.717) is 23.7 Å². The van der Waals surface area contributed by atoms with Gasteiger partial charge in [-0.1, -0.05) is 29.8 Å². The van der Waals surface area contributed by atoms with Crippen LogP contribution in [0.25, 0.3) is 11.1 Å². The van der Waals surface area contributed by atoms with Crippen LogP contribution in [-0.4, -0.2) is 19.1 Å². The molecule has 4 heteroatoms. The van der Waals surface area contributed by atoms with Crippen molar-refractivity contribution >= 4 is 11.6 Å². The van der Waals surface area contributed by atoms with E-state index in [2.05, 4.69) is 10.6 Å². The van der Waals surface area contributed by atoms with Gasteiger partial charge in [-0.25, -0.2) is 4.39 Å². The van der Waals surface area contributed by atoms with Gasteiger partial charge in [-0.15, -0.1) is 0 Å². The second kappa shape index (κ2) is 8.11. The van der Waals surface area contributed by atoms with Crippen LogP contribution in [0.2, 0.25) is 5.02 Å². The molecule has 1 saturated carbocycles. The number of hydrogen-bond acceptors (Lipinski definition) is 2. The van der Waals surface area contributed by atoms with Gasteiger partial charge in [0.1, 0.15) is 5.82 Å². The maximum Gasteiger partial charge on any atom is 0.127 e. The first-order valence-electron chi connectivity index (χ1n) is 8.60. The highest BCUT2D eigenvalue weighted by Crippen LogP contribution is 2.24. The summed E-state index contributed by atoms with van der Waals surface area (Å²) < 4.78 is 14.1. The lowest BCUT2D eigenvalue weighted by Gasteiger charge is -2.29. The maximum atomic E-state index is 14.1. The lowest BCUT2D eigenvalue weighted by Crippen LogP contribution is -2.38. The van der Waals surface area contributed by atoms with Crippen LogP contribution in [0.4, 0.5) is 4.39 Å². The van der Waals surface area contributed by atoms with Gasteiger partial charge < -0.3 is 10.6 Å². The van der Waals surface area contributed by atoms with E-state index < -0.39 is 0 Å². The molecule has 0 spiro atoms. The van der Waals surface area contributed by atoms with Crippen molar-refractivity contribution in [2.75, 3.05) is 7.05 Å². The zero-order valence-electron chi connectivity index (χ0n) is 14.0. The Labute approximate surface area is 148 Å². The van der Waals surface area contributed by atoms with Gasteiger partial charge in [-0.2, -0.15) is 0 Å². The molecule has 1 aliphatic carbocycles. The third kappa shape index (κ3) is 4.35. The fourth-order valence-corrected chi connectivity index (χ4v) is 3.50. The molecule has 0 bridgehead atoms. The minimum absolute atomic E-state index is 0.149. The average Bonchev–Trinajstić information content (AvgIpc) is 2.62. The fourth-order valence-electron chi connectivity index (χ4n) is 3.37. The molecule has 0 saturated heterocycles. The molecule has 24 heavy (non-hydrogen) atoms. The maximum absolute atomic E-state index is 14.1. The summed E-state index contributed by atoms with van der Waals surface area (Å²) in [5, 5.41) is 7.57. The highest BCUT2D eigenvalue weighted by atomic mass is 35.5. The number of nitrogens with one attached hydrogen (secondary N) is 2. The topological polar surface area (TPSA) is 24.1 Å². The highest BCUT2D eigenvalue weighted by molar-refractivity contribution is 6.30. The van der Waals surface area contributed by atoms with Gasteiger partial charge in [-0.05, 0) is 68.1 Å². The largest absolute Gasteiger partial charge is 0.317 e. The van der Waals surface area contributed by atoms with Gasteiger partial charge in [0.05, 0.1) is 0 Å². The molecule has 0 aromatic heterocycles. The Morgan fingerprint density at radius 3 is 2.25 bits per heavy atom. The minimum atomic E-state index is -0.149. The molecule has 2 N–H and O–H groups in total. The number of halogens is 2. The van der Waals surface area contributed by atoms with Crippen LogP contribution >= 0.6 is 11.6 Å². The summed E-state index contributed by atoms with van der Waals surface area (Å²) in [6, 6.07) is 14.1. The standard InChI is InChI=1S/C20H24ClFN2/c1-23-18-7-9-19(10-8-18)24-13-16-12-15(4-11-20(16)22)14-2-5-17(21)6-3-14/h2-6,11-12,18-19,23-24H,7-10,13H2,1H3. The molecule has 3 rings (SSSR count). The molecule has 1 fully saturated rings. The number of rotatable bonds is 5. The van der Waals surface area contributed by atoms with E-state index >= 15 is 0 Å². The van der Waals surface area contributed by atoms with Crippen LogP contribution < -0.4 is 10.6 Å². The SMILES string of the molecule is CNC1CCC(NCc2cc(-c3ccc(Cl)cc3)ccc2F)CC1. The van der Waals surface area contributed by atoms with E-state index in [4.69, 9.17) is 11.6 Å². The predicted molar refractivity (Wildman–Crippen MR) is 98.8 cm³/mol. The number of hydrogen-bond donors (Lipinski definition) is 2. The molecule has 0 unspecified atom stereocenters. The minimum Gasteiger partial charge on any atom is -0.317 e. The molecule has 2 aromatic carbocycles. The van der Waals surface area contributed by atoms with Crippen LogP contribution in [0, 0.1) is 5.82 Å². The zero-order chi connectivity index (χ0) is 16.9. The molecule has 0 radical (unpaired) electrons. The first kappa shape index (κ1) is 17.4. The van der Waals surface area contributed by atoms with Crippen molar-refractivity contribution in [2.24, 2.45) is 0 Å². The first-order chi connectivity index (χ1) is 11.7. The summed E-state index contributed by atoms with van der Waals surface area (Å²) in [5.74, 6) is -0.149. The van der Waals surface area contributed by atoms with Crippen LogP contribution in [0.1, 0.15) is 31.2 Å². The smallest absolute Gasteiger partial charge is 0.127 e. The molecular formula is C20H24ClFN2. The Balaban J connectivity index is 1.65. The van der Waals surface area contributed by atoms with E-state index in [1.807, 2.05) is 43.4 Å². The molecule has 2 aromatic rings. The van der Waals surface area contributed by atoms with Crippen molar-refractivity contribution in [3.8, 4) is 11.1 Å². The van der Waals surface area contributed by atoms with E-state index in [-0.39, 0.29) is 5.82 Å². The van der Waals surface area contributed by atoms with Crippen molar-refractivity contribution in [2.45, 2.75) is 44.3 Å². The van der Waals surface area contributed by atoms with Crippen LogP contribution in [0.3, 0.4) is 0 Å². The van der Waals surface area contributed by atoms with Gasteiger partial charge in [0.2, 0.25) is 0 Å². The van der Waals surface area contributed by atoms with E-state index in [9.17, 15) is 4.39 Å². The van der Waals surface area contributed by atoms with Gasteiger partial charge in [0.25, 0.3) is 0 Å². The Bertz CT molecular complexity index is 664. The number of benzene rings is 2. The van der Waals surface area contributed by atoms with Gasteiger partial charge >= 0.3 is 0 Å². The van der Waals surface area contributed by atoms with Gasteiger partial charge in [0, 0.05) is 29.2 Å². The van der Waals surface area contributed by atoms with Crippen molar-refractivity contribution in [1.29, 1.82) is 0 Å². The second-order valence-corrected chi connectivity index (χ2v) is 6.97.